The molecule has 0 aromatic heterocycles. The van der Waals surface area contributed by atoms with Gasteiger partial charge in [-0.25, -0.2) is 0 Å². The molecule has 3 aromatic rings. The first-order chi connectivity index (χ1) is 22.6. The minimum absolute atomic E-state index is 0.127. The smallest absolute Gasteiger partial charge is 0.238 e. The Kier molecular flexibility index (Phi) is 8.39. The number of amides is 4. The molecule has 11 heteroatoms. The predicted octanol–water partition coefficient (Wildman–Crippen LogP) is 6.21. The van der Waals surface area contributed by atoms with Crippen LogP contribution >= 0.6 is 45.2 Å². The molecule has 2 heterocycles. The number of allylic oxidation sites excluding steroid dienone is 3. The summed E-state index contributed by atoms with van der Waals surface area (Å²) in [5, 5.41) is 10.4. The molecule has 9 nitrogen and oxygen atoms in total. The molecule has 0 spiro atoms. The molecule has 3 fully saturated rings. The van der Waals surface area contributed by atoms with Gasteiger partial charge in [0.15, 0.2) is 11.5 Å². The van der Waals surface area contributed by atoms with Crippen LogP contribution in [-0.2, 0) is 19.2 Å². The number of halogens is 2. The molecule has 2 aliphatic heterocycles. The number of nitrogens with zero attached hydrogens (tertiary/aromatic N) is 2. The summed E-state index contributed by atoms with van der Waals surface area (Å²) in [6.45, 7) is 0. The molecule has 6 atom stereocenters. The van der Waals surface area contributed by atoms with Crippen molar-refractivity contribution in [1.82, 2.24) is 0 Å². The second-order valence-electron chi connectivity index (χ2n) is 12.2. The number of hydrogen-bond donors (Lipinski definition) is 1. The topological polar surface area (TPSA) is 113 Å². The van der Waals surface area contributed by atoms with Gasteiger partial charge in [0.25, 0.3) is 0 Å². The van der Waals surface area contributed by atoms with Crippen LogP contribution in [0.25, 0.3) is 6.08 Å². The highest BCUT2D eigenvalue weighted by atomic mass is 127. The summed E-state index contributed by atoms with van der Waals surface area (Å²) in [5.41, 5.74) is 2.61. The van der Waals surface area contributed by atoms with Gasteiger partial charge in [-0.05, 0) is 130 Å². The highest BCUT2D eigenvalue weighted by molar-refractivity contribution is 14.1. The SMILES string of the molecule is COc1cc(C=C[C@H]2C3=CC[C@@H]4C(=O)N(c5ccc(I)cc5)C(=O)[C@@H]4[C@@H]3C[C@H]3C(=O)N(c4ccc(I)cc4)C(=O)[C@@H]23)cc(OC)c1O. The molecule has 0 unspecified atom stereocenters. The second-order valence-corrected chi connectivity index (χ2v) is 14.7. The zero-order valence-electron chi connectivity index (χ0n) is 25.4. The Labute approximate surface area is 298 Å². The maximum atomic E-state index is 14.2. The van der Waals surface area contributed by atoms with E-state index >= 15 is 0 Å². The Balaban J connectivity index is 1.31. The number of anilines is 2. The van der Waals surface area contributed by atoms with Crippen molar-refractivity contribution in [3.05, 3.63) is 91.1 Å². The Hall–Kier alpha value is -3.72. The maximum Gasteiger partial charge on any atom is 0.238 e. The van der Waals surface area contributed by atoms with Crippen molar-refractivity contribution in [2.24, 2.45) is 35.5 Å². The fourth-order valence-corrected chi connectivity index (χ4v) is 8.48. The average Bonchev–Trinajstić information content (AvgIpc) is 3.48. The lowest BCUT2D eigenvalue weighted by Crippen LogP contribution is -2.43. The van der Waals surface area contributed by atoms with Crippen LogP contribution in [-0.4, -0.2) is 43.0 Å². The van der Waals surface area contributed by atoms with Crippen molar-refractivity contribution in [1.29, 1.82) is 0 Å². The van der Waals surface area contributed by atoms with Gasteiger partial charge in [0, 0.05) is 13.1 Å². The first-order valence-electron chi connectivity index (χ1n) is 15.2. The van der Waals surface area contributed by atoms with Crippen LogP contribution in [0.3, 0.4) is 0 Å². The van der Waals surface area contributed by atoms with Gasteiger partial charge < -0.3 is 14.6 Å². The third-order valence-corrected chi connectivity index (χ3v) is 11.3. The maximum absolute atomic E-state index is 14.2. The van der Waals surface area contributed by atoms with E-state index in [1.807, 2.05) is 42.5 Å². The van der Waals surface area contributed by atoms with Gasteiger partial charge in [0.05, 0.1) is 49.3 Å². The molecule has 4 aliphatic rings. The quantitative estimate of drug-likeness (QED) is 0.178. The number of carbonyl (C=O) groups is 4. The summed E-state index contributed by atoms with van der Waals surface area (Å²) in [6.07, 6.45) is 6.42. The van der Waals surface area contributed by atoms with Gasteiger partial charge in [0.1, 0.15) is 0 Å². The van der Waals surface area contributed by atoms with E-state index in [9.17, 15) is 24.3 Å². The number of phenolic OH excluding ortho intramolecular Hbond substituents is 1. The van der Waals surface area contributed by atoms with Crippen LogP contribution in [0.2, 0.25) is 0 Å². The van der Waals surface area contributed by atoms with Crippen LogP contribution < -0.4 is 19.3 Å². The van der Waals surface area contributed by atoms with E-state index in [0.717, 1.165) is 12.7 Å². The van der Waals surface area contributed by atoms with E-state index < -0.39 is 35.5 Å². The van der Waals surface area contributed by atoms with Crippen LogP contribution in [0.15, 0.2) is 78.4 Å². The monoisotopic (exact) mass is 856 g/mol. The predicted molar refractivity (Wildman–Crippen MR) is 192 cm³/mol. The fraction of sp³-hybridized carbons (Fsp3) is 0.278. The molecule has 7 rings (SSSR count). The molecule has 0 bridgehead atoms. The number of fused-ring (bicyclic) bond motifs is 4. The van der Waals surface area contributed by atoms with E-state index in [2.05, 4.69) is 45.2 Å². The van der Waals surface area contributed by atoms with E-state index in [4.69, 9.17) is 9.47 Å². The number of hydrogen-bond acceptors (Lipinski definition) is 7. The van der Waals surface area contributed by atoms with Crippen molar-refractivity contribution in [2.75, 3.05) is 24.0 Å². The van der Waals surface area contributed by atoms with Crippen LogP contribution in [0.1, 0.15) is 18.4 Å². The lowest BCUT2D eigenvalue weighted by Gasteiger charge is -2.42. The number of benzene rings is 3. The molecule has 4 amide bonds. The van der Waals surface area contributed by atoms with E-state index in [1.54, 1.807) is 36.4 Å². The first-order valence-corrected chi connectivity index (χ1v) is 17.4. The van der Waals surface area contributed by atoms with Gasteiger partial charge in [-0.2, -0.15) is 0 Å². The summed E-state index contributed by atoms with van der Waals surface area (Å²) in [4.78, 5) is 58.8. The molecule has 0 radical (unpaired) electrons. The summed E-state index contributed by atoms with van der Waals surface area (Å²) < 4.78 is 12.7. The van der Waals surface area contributed by atoms with Crippen molar-refractivity contribution >= 4 is 86.3 Å². The van der Waals surface area contributed by atoms with E-state index in [0.29, 0.717) is 29.8 Å². The van der Waals surface area contributed by atoms with Crippen molar-refractivity contribution in [3.63, 3.8) is 0 Å². The molecule has 1 N–H and O–H groups in total. The Morgan fingerprint density at radius 2 is 1.23 bits per heavy atom. The van der Waals surface area contributed by atoms with Crippen molar-refractivity contribution in [2.45, 2.75) is 12.8 Å². The molecule has 47 heavy (non-hydrogen) atoms. The van der Waals surface area contributed by atoms with Crippen molar-refractivity contribution in [3.8, 4) is 17.2 Å². The highest BCUT2D eigenvalue weighted by Crippen LogP contribution is 2.56. The third kappa shape index (κ3) is 5.25. The average molecular weight is 856 g/mol. The third-order valence-electron chi connectivity index (χ3n) is 9.87. The number of rotatable bonds is 6. The van der Waals surface area contributed by atoms with Gasteiger partial charge in [-0.3, -0.25) is 29.0 Å². The standard InChI is InChI=1S/C36H30I2N2O7/c1-46-28-15-18(16-29(47-2)32(28)41)3-12-24-23-13-14-25-31(36(45)39(33(25)42)21-8-4-19(37)5-9-21)26(23)17-27-30(24)35(44)40(34(27)43)22-10-6-20(38)7-11-22/h3-13,15-16,24-27,30-31,41H,14,17H2,1-2H3/t24-,25-,26+,27+,30-,31-/m0/s1. The minimum atomic E-state index is -0.683. The molecule has 2 saturated heterocycles. The van der Waals surface area contributed by atoms with Gasteiger partial charge >= 0.3 is 0 Å². The highest BCUT2D eigenvalue weighted by Gasteiger charge is 2.61. The largest absolute Gasteiger partial charge is 0.502 e. The first kappa shape index (κ1) is 31.9. The number of imide groups is 2. The number of ether oxygens (including phenoxy) is 2. The summed E-state index contributed by atoms with van der Waals surface area (Å²) in [7, 11) is 2.89. The van der Waals surface area contributed by atoms with Gasteiger partial charge in [-0.1, -0.05) is 23.8 Å². The zero-order chi connectivity index (χ0) is 33.1. The molecule has 3 aromatic carbocycles. The number of aromatic hydroxyl groups is 1. The Bertz CT molecular complexity index is 1850. The summed E-state index contributed by atoms with van der Waals surface area (Å²) >= 11 is 4.36. The van der Waals surface area contributed by atoms with E-state index in [-0.39, 0.29) is 40.9 Å². The molecular weight excluding hydrogens is 826 g/mol. The second kappa shape index (κ2) is 12.4. The Morgan fingerprint density at radius 1 is 0.723 bits per heavy atom. The minimum Gasteiger partial charge on any atom is -0.502 e. The van der Waals surface area contributed by atoms with Gasteiger partial charge in [-0.15, -0.1) is 0 Å². The number of phenols is 1. The molecule has 2 aliphatic carbocycles. The van der Waals surface area contributed by atoms with Gasteiger partial charge in [0.2, 0.25) is 29.4 Å². The Morgan fingerprint density at radius 3 is 1.77 bits per heavy atom. The zero-order valence-corrected chi connectivity index (χ0v) is 29.7. The number of methoxy groups -OCH3 is 2. The van der Waals surface area contributed by atoms with Crippen LogP contribution in [0.5, 0.6) is 17.2 Å². The van der Waals surface area contributed by atoms with E-state index in [1.165, 1.54) is 24.0 Å². The lowest BCUT2D eigenvalue weighted by atomic mass is 9.58. The van der Waals surface area contributed by atoms with Crippen LogP contribution in [0, 0.1) is 42.6 Å². The summed E-state index contributed by atoms with van der Waals surface area (Å²) in [5.74, 6) is -4.18. The molecule has 240 valence electrons. The fourth-order valence-electron chi connectivity index (χ4n) is 7.76. The number of carbonyl (C=O) groups excluding carboxylic acids is 4. The molecular formula is C36H30I2N2O7. The normalized spacial score (nSPS) is 26.8. The van der Waals surface area contributed by atoms with Crippen LogP contribution in [0.4, 0.5) is 11.4 Å². The summed E-state index contributed by atoms with van der Waals surface area (Å²) in [6, 6.07) is 17.9. The lowest BCUT2D eigenvalue weighted by molar-refractivity contribution is -0.126. The molecule has 1 saturated carbocycles. The van der Waals surface area contributed by atoms with Crippen molar-refractivity contribution < 1.29 is 33.8 Å².